The van der Waals surface area contributed by atoms with Crippen LogP contribution in [0.15, 0.2) is 36.7 Å². The number of aromatic amines is 1. The molecule has 6 heteroatoms. The first kappa shape index (κ1) is 21.1. The number of nitrogens with zero attached hydrogens (tertiary/aromatic N) is 2. The number of hydrogen-bond acceptors (Lipinski definition) is 4. The highest BCUT2D eigenvalue weighted by atomic mass is 28.3. The minimum absolute atomic E-state index is 0.203. The van der Waals surface area contributed by atoms with Crippen LogP contribution in [-0.2, 0) is 0 Å². The first-order valence-corrected chi connectivity index (χ1v) is 14.1. The van der Waals surface area contributed by atoms with E-state index in [1.807, 2.05) is 0 Å². The Balaban J connectivity index is 1.87. The lowest BCUT2D eigenvalue weighted by molar-refractivity contribution is 0.138. The molecule has 3 N–H and O–H groups in total. The van der Waals surface area contributed by atoms with Gasteiger partial charge in [0, 0.05) is 23.3 Å². The standard InChI is InChI=1S/C24H34N4OSi/c1-4-30(5-2,6-3)24-20(17-11-8-7-9-12-17)21-22(26-16-27-23(21)28-24)25-15-18-13-10-14-19(18)29/h7-9,11-12,16,18-19,29H,4-6,10,13-15H2,1-3H3,(H2,25,26,27,28)/t18-,19-/m1/s1. The van der Waals surface area contributed by atoms with E-state index in [4.69, 9.17) is 0 Å². The van der Waals surface area contributed by atoms with Gasteiger partial charge in [-0.1, -0.05) is 75.7 Å². The first-order chi connectivity index (χ1) is 14.6. The van der Waals surface area contributed by atoms with E-state index in [1.54, 1.807) is 6.33 Å². The Morgan fingerprint density at radius 2 is 1.80 bits per heavy atom. The Morgan fingerprint density at radius 1 is 1.07 bits per heavy atom. The monoisotopic (exact) mass is 422 g/mol. The molecule has 4 rings (SSSR count). The second-order valence-electron chi connectivity index (χ2n) is 8.67. The van der Waals surface area contributed by atoms with Crippen molar-refractivity contribution in [2.45, 2.75) is 64.3 Å². The lowest BCUT2D eigenvalue weighted by Crippen LogP contribution is -2.47. The summed E-state index contributed by atoms with van der Waals surface area (Å²) >= 11 is 0. The minimum atomic E-state index is -1.68. The van der Waals surface area contributed by atoms with Crippen LogP contribution >= 0.6 is 0 Å². The van der Waals surface area contributed by atoms with Crippen LogP contribution in [0.4, 0.5) is 5.82 Å². The number of aliphatic hydroxyl groups excluding tert-OH is 1. The van der Waals surface area contributed by atoms with E-state index in [-0.39, 0.29) is 6.10 Å². The SMILES string of the molecule is CC[Si](CC)(CC)c1[nH]c2ncnc(NC[C@H]3CCC[C@H]3O)c2c1-c1ccccc1. The molecule has 0 bridgehead atoms. The van der Waals surface area contributed by atoms with E-state index in [9.17, 15) is 5.11 Å². The Hall–Kier alpha value is -2.18. The smallest absolute Gasteiger partial charge is 0.143 e. The molecule has 0 unspecified atom stereocenters. The van der Waals surface area contributed by atoms with E-state index in [2.05, 4.69) is 71.4 Å². The summed E-state index contributed by atoms with van der Waals surface area (Å²) in [5.41, 5.74) is 3.42. The van der Waals surface area contributed by atoms with Crippen molar-refractivity contribution in [3.8, 4) is 11.1 Å². The molecule has 0 aliphatic heterocycles. The lowest BCUT2D eigenvalue weighted by Gasteiger charge is -2.28. The van der Waals surface area contributed by atoms with Crippen molar-refractivity contribution in [1.29, 1.82) is 0 Å². The highest BCUT2D eigenvalue weighted by Gasteiger charge is 2.35. The van der Waals surface area contributed by atoms with E-state index >= 15 is 0 Å². The first-order valence-electron chi connectivity index (χ1n) is 11.5. The summed E-state index contributed by atoms with van der Waals surface area (Å²) in [6, 6.07) is 14.3. The number of rotatable bonds is 8. The molecule has 5 nitrogen and oxygen atoms in total. The van der Waals surface area contributed by atoms with Crippen LogP contribution in [0.1, 0.15) is 40.0 Å². The van der Waals surface area contributed by atoms with Crippen molar-refractivity contribution in [2.75, 3.05) is 11.9 Å². The van der Waals surface area contributed by atoms with Gasteiger partial charge in [-0.15, -0.1) is 0 Å². The van der Waals surface area contributed by atoms with Crippen LogP contribution in [0, 0.1) is 5.92 Å². The van der Waals surface area contributed by atoms with Crippen molar-refractivity contribution in [2.24, 2.45) is 5.92 Å². The van der Waals surface area contributed by atoms with Crippen LogP contribution in [-0.4, -0.2) is 40.8 Å². The Bertz CT molecular complexity index is 975. The van der Waals surface area contributed by atoms with Gasteiger partial charge in [0.1, 0.15) is 25.9 Å². The molecule has 1 aliphatic rings. The third-order valence-corrected chi connectivity index (χ3v) is 12.9. The van der Waals surface area contributed by atoms with Crippen molar-refractivity contribution in [3.63, 3.8) is 0 Å². The summed E-state index contributed by atoms with van der Waals surface area (Å²) in [5.74, 6) is 1.18. The maximum atomic E-state index is 10.2. The molecule has 1 saturated carbocycles. The molecule has 2 heterocycles. The molecule has 0 spiro atoms. The molecule has 160 valence electrons. The lowest BCUT2D eigenvalue weighted by atomic mass is 10.0. The zero-order valence-corrected chi connectivity index (χ0v) is 19.4. The number of aromatic nitrogens is 3. The van der Waals surface area contributed by atoms with E-state index in [0.29, 0.717) is 5.92 Å². The third kappa shape index (κ3) is 3.67. The Morgan fingerprint density at radius 3 is 2.43 bits per heavy atom. The number of H-pyrrole nitrogens is 1. The molecule has 0 saturated heterocycles. The molecule has 1 aromatic carbocycles. The molecule has 2 aromatic heterocycles. The zero-order chi connectivity index (χ0) is 21.1. The molecule has 1 aliphatic carbocycles. The normalized spacial score (nSPS) is 19.5. The topological polar surface area (TPSA) is 73.8 Å². The predicted octanol–water partition coefficient (Wildman–Crippen LogP) is 4.91. The summed E-state index contributed by atoms with van der Waals surface area (Å²) in [5, 5.41) is 16.3. The highest BCUT2D eigenvalue weighted by Crippen LogP contribution is 2.35. The zero-order valence-electron chi connectivity index (χ0n) is 18.4. The van der Waals surface area contributed by atoms with Gasteiger partial charge in [0.2, 0.25) is 0 Å². The summed E-state index contributed by atoms with van der Waals surface area (Å²) in [7, 11) is -1.68. The van der Waals surface area contributed by atoms with E-state index in [0.717, 1.165) is 42.7 Å². The summed E-state index contributed by atoms with van der Waals surface area (Å²) in [4.78, 5) is 13.0. The fourth-order valence-corrected chi connectivity index (χ4v) is 8.96. The maximum Gasteiger partial charge on any atom is 0.143 e. The van der Waals surface area contributed by atoms with Crippen LogP contribution < -0.4 is 10.6 Å². The quantitative estimate of drug-likeness (QED) is 0.451. The summed E-state index contributed by atoms with van der Waals surface area (Å²) in [6.45, 7) is 7.77. The van der Waals surface area contributed by atoms with Gasteiger partial charge in [-0.05, 0) is 18.4 Å². The average molecular weight is 423 g/mol. The number of aliphatic hydroxyl groups is 1. The maximum absolute atomic E-state index is 10.2. The number of anilines is 1. The van der Waals surface area contributed by atoms with Gasteiger partial charge < -0.3 is 15.4 Å². The van der Waals surface area contributed by atoms with Gasteiger partial charge in [-0.25, -0.2) is 9.97 Å². The van der Waals surface area contributed by atoms with Crippen molar-refractivity contribution < 1.29 is 5.11 Å². The molecular formula is C24H34N4OSi. The molecule has 30 heavy (non-hydrogen) atoms. The highest BCUT2D eigenvalue weighted by molar-refractivity contribution is 6.92. The molecule has 1 fully saturated rings. The largest absolute Gasteiger partial charge is 0.393 e. The van der Waals surface area contributed by atoms with E-state index in [1.165, 1.54) is 34.6 Å². The molecule has 0 amide bonds. The van der Waals surface area contributed by atoms with Crippen molar-refractivity contribution in [1.82, 2.24) is 15.0 Å². The van der Waals surface area contributed by atoms with Gasteiger partial charge in [-0.3, -0.25) is 0 Å². The average Bonchev–Trinajstić information content (AvgIpc) is 3.38. The summed E-state index contributed by atoms with van der Waals surface area (Å²) < 4.78 is 0. The predicted molar refractivity (Wildman–Crippen MR) is 128 cm³/mol. The van der Waals surface area contributed by atoms with Crippen LogP contribution in [0.25, 0.3) is 22.2 Å². The number of nitrogens with one attached hydrogen (secondary N) is 2. The summed E-state index contributed by atoms with van der Waals surface area (Å²) in [6.07, 6.45) is 4.54. The van der Waals surface area contributed by atoms with Crippen LogP contribution in [0.2, 0.25) is 18.1 Å². The minimum Gasteiger partial charge on any atom is -0.393 e. The Kier molecular flexibility index (Phi) is 6.25. The van der Waals surface area contributed by atoms with Gasteiger partial charge in [-0.2, -0.15) is 0 Å². The van der Waals surface area contributed by atoms with Gasteiger partial charge in [0.15, 0.2) is 0 Å². The molecular weight excluding hydrogens is 388 g/mol. The Labute approximate surface area is 180 Å². The van der Waals surface area contributed by atoms with Gasteiger partial charge in [0.25, 0.3) is 0 Å². The number of fused-ring (bicyclic) bond motifs is 1. The van der Waals surface area contributed by atoms with E-state index < -0.39 is 8.07 Å². The second-order valence-corrected chi connectivity index (χ2v) is 13.8. The molecule has 2 atom stereocenters. The van der Waals surface area contributed by atoms with Gasteiger partial charge in [0.05, 0.1) is 11.5 Å². The number of hydrogen-bond donors (Lipinski definition) is 3. The molecule has 3 aromatic rings. The third-order valence-electron chi connectivity index (χ3n) is 7.36. The second kappa shape index (κ2) is 8.90. The van der Waals surface area contributed by atoms with Crippen LogP contribution in [0.5, 0.6) is 0 Å². The van der Waals surface area contributed by atoms with Crippen LogP contribution in [0.3, 0.4) is 0 Å². The fraction of sp³-hybridized carbons (Fsp3) is 0.500. The van der Waals surface area contributed by atoms with Gasteiger partial charge >= 0.3 is 0 Å². The molecule has 0 radical (unpaired) electrons. The van der Waals surface area contributed by atoms with Crippen molar-refractivity contribution in [3.05, 3.63) is 36.7 Å². The van der Waals surface area contributed by atoms with Crippen molar-refractivity contribution >= 4 is 30.2 Å². The number of benzene rings is 1. The fourth-order valence-electron chi connectivity index (χ4n) is 5.21.